The van der Waals surface area contributed by atoms with E-state index in [9.17, 15) is 4.79 Å². The molecule has 0 radical (unpaired) electrons. The van der Waals surface area contributed by atoms with E-state index in [1.165, 1.54) is 0 Å². The zero-order valence-corrected chi connectivity index (χ0v) is 10.4. The molecule has 0 aliphatic heterocycles. The second-order valence-electron chi connectivity index (χ2n) is 4.15. The van der Waals surface area contributed by atoms with E-state index < -0.39 is 0 Å². The predicted octanol–water partition coefficient (Wildman–Crippen LogP) is 4.58. The van der Waals surface area contributed by atoms with Crippen molar-refractivity contribution in [1.82, 2.24) is 0 Å². The average Bonchev–Trinajstić information content (AvgIpc) is 2.29. The molecule has 2 rings (SSSR count). The van der Waals surface area contributed by atoms with Crippen molar-refractivity contribution in [3.63, 3.8) is 0 Å². The molecular weight excluding hydrogens is 232 g/mol. The molecule has 0 fully saturated rings. The van der Waals surface area contributed by atoms with Crippen LogP contribution in [0.5, 0.6) is 0 Å². The van der Waals surface area contributed by atoms with Crippen molar-refractivity contribution in [3.05, 3.63) is 58.7 Å². The SMILES string of the molecule is O=C(/C1=C/CC/C=C\CC1)c1ccc(Cl)cc1. The number of benzene rings is 1. The molecule has 0 aromatic heterocycles. The first-order valence-electron chi connectivity index (χ1n) is 5.91. The molecule has 1 aliphatic rings. The Morgan fingerprint density at radius 1 is 1.00 bits per heavy atom. The summed E-state index contributed by atoms with van der Waals surface area (Å²) in [5.41, 5.74) is 1.65. The third-order valence-corrected chi connectivity index (χ3v) is 3.12. The first kappa shape index (κ1) is 12.1. The van der Waals surface area contributed by atoms with Gasteiger partial charge in [-0.2, -0.15) is 0 Å². The maximum Gasteiger partial charge on any atom is 0.188 e. The highest BCUT2D eigenvalue weighted by atomic mass is 35.5. The summed E-state index contributed by atoms with van der Waals surface area (Å²) in [6.45, 7) is 0. The van der Waals surface area contributed by atoms with Crippen LogP contribution in [0.1, 0.15) is 36.0 Å². The standard InChI is InChI=1S/C15H15ClO/c16-14-10-8-13(9-11-14)15(17)12-6-4-2-1-3-5-7-12/h1-2,7-11H,3-6H2/b2-1-,12-7+. The highest BCUT2D eigenvalue weighted by Crippen LogP contribution is 2.19. The number of rotatable bonds is 2. The van der Waals surface area contributed by atoms with Crippen LogP contribution in [0.3, 0.4) is 0 Å². The third-order valence-electron chi connectivity index (χ3n) is 2.87. The fourth-order valence-electron chi connectivity index (χ4n) is 1.92. The first-order chi connectivity index (χ1) is 8.27. The largest absolute Gasteiger partial charge is 0.289 e. The van der Waals surface area contributed by atoms with Gasteiger partial charge in [0, 0.05) is 10.6 Å². The smallest absolute Gasteiger partial charge is 0.188 e. The molecule has 0 spiro atoms. The Morgan fingerprint density at radius 3 is 2.47 bits per heavy atom. The fraction of sp³-hybridized carbons (Fsp3) is 0.267. The third kappa shape index (κ3) is 3.31. The molecule has 1 aromatic carbocycles. The van der Waals surface area contributed by atoms with Crippen molar-refractivity contribution in [2.45, 2.75) is 25.7 Å². The minimum absolute atomic E-state index is 0.136. The van der Waals surface area contributed by atoms with Crippen LogP contribution < -0.4 is 0 Å². The van der Waals surface area contributed by atoms with Crippen LogP contribution >= 0.6 is 11.6 Å². The lowest BCUT2D eigenvalue weighted by molar-refractivity contribution is 0.103. The van der Waals surface area contributed by atoms with Crippen LogP contribution in [0.4, 0.5) is 0 Å². The molecule has 0 saturated heterocycles. The van der Waals surface area contributed by atoms with Gasteiger partial charge >= 0.3 is 0 Å². The molecule has 0 saturated carbocycles. The summed E-state index contributed by atoms with van der Waals surface area (Å²) in [4.78, 5) is 12.2. The van der Waals surface area contributed by atoms with Gasteiger partial charge < -0.3 is 0 Å². The lowest BCUT2D eigenvalue weighted by Crippen LogP contribution is -2.04. The lowest BCUT2D eigenvalue weighted by atomic mass is 9.96. The molecule has 0 atom stereocenters. The summed E-state index contributed by atoms with van der Waals surface area (Å²) in [5, 5.41) is 0.663. The van der Waals surface area contributed by atoms with E-state index >= 15 is 0 Å². The highest BCUT2D eigenvalue weighted by Gasteiger charge is 2.11. The summed E-state index contributed by atoms with van der Waals surface area (Å²) >= 11 is 5.81. The van der Waals surface area contributed by atoms with Crippen LogP contribution in [0, 0.1) is 0 Å². The van der Waals surface area contributed by atoms with Crippen LogP contribution in [-0.2, 0) is 0 Å². The topological polar surface area (TPSA) is 17.1 Å². The quantitative estimate of drug-likeness (QED) is 0.551. The Hall–Kier alpha value is -1.34. The van der Waals surface area contributed by atoms with Crippen LogP contribution in [0.15, 0.2) is 48.1 Å². The predicted molar refractivity (Wildman–Crippen MR) is 71.5 cm³/mol. The molecule has 1 aromatic rings. The maximum absolute atomic E-state index is 12.2. The molecule has 88 valence electrons. The van der Waals surface area contributed by atoms with Gasteiger partial charge in [-0.25, -0.2) is 0 Å². The number of carbonyl (C=O) groups excluding carboxylic acids is 1. The van der Waals surface area contributed by atoms with Gasteiger partial charge in [-0.05, 0) is 55.5 Å². The van der Waals surface area contributed by atoms with E-state index in [-0.39, 0.29) is 5.78 Å². The Morgan fingerprint density at radius 2 is 1.71 bits per heavy atom. The van der Waals surface area contributed by atoms with Crippen molar-refractivity contribution in [1.29, 1.82) is 0 Å². The molecule has 1 nitrogen and oxygen atoms in total. The minimum atomic E-state index is 0.136. The van der Waals surface area contributed by atoms with Gasteiger partial charge in [0.1, 0.15) is 0 Å². The van der Waals surface area contributed by atoms with Crippen molar-refractivity contribution in [2.24, 2.45) is 0 Å². The van der Waals surface area contributed by atoms with Crippen molar-refractivity contribution < 1.29 is 4.79 Å². The van der Waals surface area contributed by atoms with Crippen molar-refractivity contribution in [2.75, 3.05) is 0 Å². The second kappa shape index (κ2) is 5.83. The second-order valence-corrected chi connectivity index (χ2v) is 4.59. The van der Waals surface area contributed by atoms with Gasteiger partial charge in [-0.1, -0.05) is 29.8 Å². The Labute approximate surface area is 107 Å². The highest BCUT2D eigenvalue weighted by molar-refractivity contribution is 6.30. The average molecular weight is 247 g/mol. The summed E-state index contributed by atoms with van der Waals surface area (Å²) < 4.78 is 0. The summed E-state index contributed by atoms with van der Waals surface area (Å²) in [6.07, 6.45) is 10.2. The van der Waals surface area contributed by atoms with E-state index in [0.29, 0.717) is 5.02 Å². The maximum atomic E-state index is 12.2. The van der Waals surface area contributed by atoms with E-state index in [1.807, 2.05) is 0 Å². The molecule has 17 heavy (non-hydrogen) atoms. The number of halogens is 1. The molecule has 0 heterocycles. The summed E-state index contributed by atoms with van der Waals surface area (Å²) in [5.74, 6) is 0.136. The Balaban J connectivity index is 2.16. The zero-order valence-electron chi connectivity index (χ0n) is 9.66. The molecule has 0 amide bonds. The monoisotopic (exact) mass is 246 g/mol. The molecule has 2 heteroatoms. The molecular formula is C15H15ClO. The molecule has 1 aliphatic carbocycles. The molecule has 0 unspecified atom stereocenters. The number of hydrogen-bond donors (Lipinski definition) is 0. The molecule has 0 bridgehead atoms. The molecule has 0 N–H and O–H groups in total. The minimum Gasteiger partial charge on any atom is -0.289 e. The number of Topliss-reactive ketones (excluding diaryl/α,β-unsaturated/α-hetero) is 1. The fourth-order valence-corrected chi connectivity index (χ4v) is 2.05. The van der Waals surface area contributed by atoms with Gasteiger partial charge in [0.25, 0.3) is 0 Å². The van der Waals surface area contributed by atoms with Gasteiger partial charge in [-0.3, -0.25) is 4.79 Å². The van der Waals surface area contributed by atoms with E-state index in [2.05, 4.69) is 18.2 Å². The van der Waals surface area contributed by atoms with Gasteiger partial charge in [0.2, 0.25) is 0 Å². The summed E-state index contributed by atoms with van der Waals surface area (Å²) in [6, 6.07) is 7.11. The zero-order chi connectivity index (χ0) is 12.1. The number of carbonyl (C=O) groups is 1. The summed E-state index contributed by atoms with van der Waals surface area (Å²) in [7, 11) is 0. The normalized spacial score (nSPS) is 20.9. The van der Waals surface area contributed by atoms with Crippen LogP contribution in [0.2, 0.25) is 5.02 Å². The number of hydrogen-bond acceptors (Lipinski definition) is 1. The van der Waals surface area contributed by atoms with Crippen LogP contribution in [0.25, 0.3) is 0 Å². The Bertz CT molecular complexity index is 454. The van der Waals surface area contributed by atoms with Gasteiger partial charge in [0.05, 0.1) is 0 Å². The van der Waals surface area contributed by atoms with E-state index in [4.69, 9.17) is 11.6 Å². The Kier molecular flexibility index (Phi) is 4.16. The van der Waals surface area contributed by atoms with E-state index in [1.54, 1.807) is 24.3 Å². The van der Waals surface area contributed by atoms with E-state index in [0.717, 1.165) is 36.8 Å². The van der Waals surface area contributed by atoms with Gasteiger partial charge in [-0.15, -0.1) is 0 Å². The van der Waals surface area contributed by atoms with Crippen molar-refractivity contribution in [3.8, 4) is 0 Å². The number of allylic oxidation sites excluding steroid dienone is 4. The van der Waals surface area contributed by atoms with Crippen LogP contribution in [-0.4, -0.2) is 5.78 Å². The van der Waals surface area contributed by atoms with Crippen molar-refractivity contribution >= 4 is 17.4 Å². The first-order valence-corrected chi connectivity index (χ1v) is 6.29. The van der Waals surface area contributed by atoms with Gasteiger partial charge in [0.15, 0.2) is 5.78 Å². The number of ketones is 1. The lowest BCUT2D eigenvalue weighted by Gasteiger charge is -2.07.